The van der Waals surface area contributed by atoms with E-state index in [-0.39, 0.29) is 0 Å². The van der Waals surface area contributed by atoms with Gasteiger partial charge in [0.15, 0.2) is 0 Å². The van der Waals surface area contributed by atoms with Gasteiger partial charge in [-0.2, -0.15) is 0 Å². The van der Waals surface area contributed by atoms with Crippen molar-refractivity contribution in [2.45, 2.75) is 37.1 Å². The standard InChI is InChI=1S/C16H22O7/c1-3-4-9-5-6-10(7-11(9)21-2)22-16-15(20)14(19)13(18)12(8-17)23-16/h3,5-7,12-20H,1,4,8H2,2H3. The van der Waals surface area contributed by atoms with Crippen molar-refractivity contribution in [3.05, 3.63) is 36.4 Å². The van der Waals surface area contributed by atoms with Crippen LogP contribution in [0.25, 0.3) is 0 Å². The average molecular weight is 326 g/mol. The highest BCUT2D eigenvalue weighted by Gasteiger charge is 2.44. The molecule has 4 N–H and O–H groups in total. The van der Waals surface area contributed by atoms with Crippen molar-refractivity contribution in [3.8, 4) is 11.5 Å². The van der Waals surface area contributed by atoms with Gasteiger partial charge in [0.1, 0.15) is 35.9 Å². The first-order chi connectivity index (χ1) is 11.0. The van der Waals surface area contributed by atoms with Crippen LogP contribution in [0.1, 0.15) is 5.56 Å². The highest BCUT2D eigenvalue weighted by Crippen LogP contribution is 2.29. The molecular formula is C16H22O7. The molecule has 0 bridgehead atoms. The topological polar surface area (TPSA) is 109 Å². The van der Waals surface area contributed by atoms with E-state index in [9.17, 15) is 15.3 Å². The number of benzene rings is 1. The zero-order valence-electron chi connectivity index (χ0n) is 12.8. The minimum Gasteiger partial charge on any atom is -0.496 e. The molecule has 5 unspecified atom stereocenters. The highest BCUT2D eigenvalue weighted by atomic mass is 16.7. The third-order valence-electron chi connectivity index (χ3n) is 3.72. The molecule has 0 radical (unpaired) electrons. The molecule has 5 atom stereocenters. The van der Waals surface area contributed by atoms with Crippen molar-refractivity contribution < 1.29 is 34.6 Å². The molecule has 0 spiro atoms. The van der Waals surface area contributed by atoms with Gasteiger partial charge in [-0.05, 0) is 18.1 Å². The van der Waals surface area contributed by atoms with Gasteiger partial charge in [-0.1, -0.05) is 12.1 Å². The Labute approximate surface area is 134 Å². The van der Waals surface area contributed by atoms with Gasteiger partial charge in [-0.3, -0.25) is 0 Å². The summed E-state index contributed by atoms with van der Waals surface area (Å²) >= 11 is 0. The molecule has 1 saturated heterocycles. The molecule has 7 heteroatoms. The van der Waals surface area contributed by atoms with Crippen molar-refractivity contribution in [3.63, 3.8) is 0 Å². The van der Waals surface area contributed by atoms with Crippen molar-refractivity contribution in [2.75, 3.05) is 13.7 Å². The number of rotatable bonds is 6. The molecule has 23 heavy (non-hydrogen) atoms. The predicted octanol–water partition coefficient (Wildman–Crippen LogP) is -0.398. The molecule has 7 nitrogen and oxygen atoms in total. The molecular weight excluding hydrogens is 304 g/mol. The maximum absolute atomic E-state index is 9.96. The fourth-order valence-corrected chi connectivity index (χ4v) is 2.42. The maximum Gasteiger partial charge on any atom is 0.229 e. The number of ether oxygens (including phenoxy) is 3. The van der Waals surface area contributed by atoms with E-state index in [0.29, 0.717) is 17.9 Å². The van der Waals surface area contributed by atoms with Gasteiger partial charge in [-0.15, -0.1) is 6.58 Å². The van der Waals surface area contributed by atoms with Gasteiger partial charge in [0.05, 0.1) is 13.7 Å². The monoisotopic (exact) mass is 326 g/mol. The number of hydrogen-bond donors (Lipinski definition) is 4. The van der Waals surface area contributed by atoms with Crippen molar-refractivity contribution >= 4 is 0 Å². The van der Waals surface area contributed by atoms with Crippen LogP contribution in [-0.2, 0) is 11.2 Å². The third-order valence-corrected chi connectivity index (χ3v) is 3.72. The molecule has 1 aliphatic heterocycles. The summed E-state index contributed by atoms with van der Waals surface area (Å²) in [6, 6.07) is 5.09. The molecule has 1 aromatic rings. The Kier molecular flexibility index (Phi) is 5.97. The van der Waals surface area contributed by atoms with Crippen LogP contribution in [-0.4, -0.2) is 64.8 Å². The molecule has 1 heterocycles. The van der Waals surface area contributed by atoms with Gasteiger partial charge >= 0.3 is 0 Å². The largest absolute Gasteiger partial charge is 0.496 e. The van der Waals surface area contributed by atoms with Crippen LogP contribution < -0.4 is 9.47 Å². The van der Waals surface area contributed by atoms with E-state index in [1.165, 1.54) is 7.11 Å². The van der Waals surface area contributed by atoms with Gasteiger partial charge in [0.25, 0.3) is 0 Å². The molecule has 128 valence electrons. The average Bonchev–Trinajstić information content (AvgIpc) is 2.56. The van der Waals surface area contributed by atoms with Crippen LogP contribution >= 0.6 is 0 Å². The lowest BCUT2D eigenvalue weighted by atomic mass is 9.99. The second-order valence-electron chi connectivity index (χ2n) is 5.28. The summed E-state index contributed by atoms with van der Waals surface area (Å²) in [5.41, 5.74) is 0.920. The van der Waals surface area contributed by atoms with Crippen molar-refractivity contribution in [1.82, 2.24) is 0 Å². The lowest BCUT2D eigenvalue weighted by Gasteiger charge is -2.39. The molecule has 1 aromatic carbocycles. The van der Waals surface area contributed by atoms with E-state index < -0.39 is 37.3 Å². The van der Waals surface area contributed by atoms with Gasteiger partial charge in [0, 0.05) is 6.07 Å². The fraction of sp³-hybridized carbons (Fsp3) is 0.500. The molecule has 1 fully saturated rings. The van der Waals surface area contributed by atoms with E-state index in [4.69, 9.17) is 19.3 Å². The van der Waals surface area contributed by atoms with Gasteiger partial charge in [0.2, 0.25) is 6.29 Å². The van der Waals surface area contributed by atoms with Gasteiger partial charge < -0.3 is 34.6 Å². The zero-order chi connectivity index (χ0) is 17.0. The summed E-state index contributed by atoms with van der Waals surface area (Å²) in [6.07, 6.45) is -4.21. The number of aliphatic hydroxyl groups is 4. The van der Waals surface area contributed by atoms with Gasteiger partial charge in [-0.25, -0.2) is 0 Å². The van der Waals surface area contributed by atoms with Crippen LogP contribution in [0.5, 0.6) is 11.5 Å². The summed E-state index contributed by atoms with van der Waals surface area (Å²) in [5, 5.41) is 38.6. The molecule has 0 saturated carbocycles. The SMILES string of the molecule is C=CCc1ccc(OC2OC(CO)C(O)C(O)C2O)cc1OC. The summed E-state index contributed by atoms with van der Waals surface area (Å²) in [6.45, 7) is 3.17. The molecule has 0 amide bonds. The number of aliphatic hydroxyl groups excluding tert-OH is 4. The smallest absolute Gasteiger partial charge is 0.229 e. The zero-order valence-corrected chi connectivity index (χ0v) is 12.8. The van der Waals surface area contributed by atoms with E-state index in [1.54, 1.807) is 24.3 Å². The van der Waals surface area contributed by atoms with E-state index in [1.807, 2.05) is 0 Å². The fourth-order valence-electron chi connectivity index (χ4n) is 2.42. The Morgan fingerprint density at radius 2 is 1.96 bits per heavy atom. The first-order valence-electron chi connectivity index (χ1n) is 7.26. The summed E-state index contributed by atoms with van der Waals surface area (Å²) in [7, 11) is 1.53. The maximum atomic E-state index is 9.96. The Morgan fingerprint density at radius 3 is 2.57 bits per heavy atom. The Hall–Kier alpha value is -1.64. The van der Waals surface area contributed by atoms with Crippen molar-refractivity contribution in [1.29, 1.82) is 0 Å². The summed E-state index contributed by atoms with van der Waals surface area (Å²) in [4.78, 5) is 0. The van der Waals surface area contributed by atoms with Crippen LogP contribution in [0, 0.1) is 0 Å². The molecule has 0 aliphatic carbocycles. The first-order valence-corrected chi connectivity index (χ1v) is 7.26. The van der Waals surface area contributed by atoms with E-state index in [0.717, 1.165) is 5.56 Å². The molecule has 0 aromatic heterocycles. The highest BCUT2D eigenvalue weighted by molar-refractivity contribution is 5.41. The minimum atomic E-state index is -1.48. The summed E-state index contributed by atoms with van der Waals surface area (Å²) < 4.78 is 16.1. The van der Waals surface area contributed by atoms with Crippen LogP contribution in [0.3, 0.4) is 0 Å². The Balaban J connectivity index is 2.15. The minimum absolute atomic E-state index is 0.360. The van der Waals surface area contributed by atoms with Crippen LogP contribution in [0.15, 0.2) is 30.9 Å². The van der Waals surface area contributed by atoms with Crippen LogP contribution in [0.2, 0.25) is 0 Å². The predicted molar refractivity (Wildman–Crippen MR) is 81.3 cm³/mol. The Morgan fingerprint density at radius 1 is 1.22 bits per heavy atom. The third kappa shape index (κ3) is 3.82. The van der Waals surface area contributed by atoms with E-state index >= 15 is 0 Å². The second-order valence-corrected chi connectivity index (χ2v) is 5.28. The molecule has 2 rings (SSSR count). The van der Waals surface area contributed by atoms with Crippen LogP contribution in [0.4, 0.5) is 0 Å². The van der Waals surface area contributed by atoms with Crippen molar-refractivity contribution in [2.24, 2.45) is 0 Å². The summed E-state index contributed by atoms with van der Waals surface area (Å²) in [5.74, 6) is 0.950. The Bertz CT molecular complexity index is 531. The second kappa shape index (κ2) is 7.76. The lowest BCUT2D eigenvalue weighted by molar-refractivity contribution is -0.277. The number of hydrogen-bond acceptors (Lipinski definition) is 7. The lowest BCUT2D eigenvalue weighted by Crippen LogP contribution is -2.60. The number of allylic oxidation sites excluding steroid dienone is 1. The first kappa shape index (κ1) is 17.7. The normalized spacial score (nSPS) is 30.7. The molecule has 1 aliphatic rings. The number of methoxy groups -OCH3 is 1. The quantitative estimate of drug-likeness (QED) is 0.527. The van der Waals surface area contributed by atoms with E-state index in [2.05, 4.69) is 6.58 Å².